The maximum absolute atomic E-state index is 10.4. The Kier molecular flexibility index (Phi) is 3.76. The number of aromatic hydroxyl groups is 2. The van der Waals surface area contributed by atoms with Crippen LogP contribution in [0.2, 0.25) is 0 Å². The average Bonchev–Trinajstić information content (AvgIpc) is 3.15. The van der Waals surface area contributed by atoms with Crippen molar-refractivity contribution in [1.82, 2.24) is 5.01 Å². The molecule has 0 amide bonds. The fraction of sp³-hybridized carbons (Fsp3) is 0.174. The van der Waals surface area contributed by atoms with E-state index in [2.05, 4.69) is 6.07 Å². The standard InChI is InChI=1S/C23H20N2O3/c1-14-6-11-21(27)18(12-14)19-13-20-17-4-2-3-5-22(17)28-23(25(20)24-19)15-7-9-16(26)10-8-15/h2-12,20,23,26-27H,13H2,1H3/t20-,23-/m1/s1. The highest BCUT2D eigenvalue weighted by Crippen LogP contribution is 2.47. The van der Waals surface area contributed by atoms with E-state index in [-0.39, 0.29) is 17.5 Å². The number of phenols is 2. The lowest BCUT2D eigenvalue weighted by Gasteiger charge is -2.38. The number of benzene rings is 3. The molecule has 5 rings (SSSR count). The Morgan fingerprint density at radius 2 is 1.79 bits per heavy atom. The number of fused-ring (bicyclic) bond motifs is 3. The van der Waals surface area contributed by atoms with Gasteiger partial charge in [-0.3, -0.25) is 0 Å². The van der Waals surface area contributed by atoms with Gasteiger partial charge in [-0.1, -0.05) is 29.8 Å². The lowest BCUT2D eigenvalue weighted by Crippen LogP contribution is -2.33. The summed E-state index contributed by atoms with van der Waals surface area (Å²) in [6, 6.07) is 20.6. The summed E-state index contributed by atoms with van der Waals surface area (Å²) in [6.07, 6.45) is 0.288. The molecule has 0 spiro atoms. The van der Waals surface area contributed by atoms with Gasteiger partial charge in [-0.25, -0.2) is 5.01 Å². The molecule has 2 aliphatic rings. The molecule has 3 aromatic rings. The maximum Gasteiger partial charge on any atom is 0.213 e. The van der Waals surface area contributed by atoms with Crippen molar-refractivity contribution < 1.29 is 14.9 Å². The zero-order chi connectivity index (χ0) is 19.3. The van der Waals surface area contributed by atoms with Gasteiger partial charge in [0, 0.05) is 23.1 Å². The van der Waals surface area contributed by atoms with E-state index in [0.29, 0.717) is 6.42 Å². The number of phenolic OH excluding ortho intramolecular Hbond substituents is 2. The second-order valence-electron chi connectivity index (χ2n) is 7.27. The summed E-state index contributed by atoms with van der Waals surface area (Å²) in [4.78, 5) is 0. The minimum atomic E-state index is -0.398. The summed E-state index contributed by atoms with van der Waals surface area (Å²) < 4.78 is 6.28. The van der Waals surface area contributed by atoms with E-state index in [0.717, 1.165) is 33.7 Å². The molecule has 5 heteroatoms. The van der Waals surface area contributed by atoms with Gasteiger partial charge in [0.2, 0.25) is 6.23 Å². The highest BCUT2D eigenvalue weighted by atomic mass is 16.5. The molecule has 0 aromatic heterocycles. The first-order valence-electron chi connectivity index (χ1n) is 9.30. The van der Waals surface area contributed by atoms with Crippen LogP contribution in [0, 0.1) is 6.92 Å². The van der Waals surface area contributed by atoms with Gasteiger partial charge in [0.1, 0.15) is 17.2 Å². The first-order valence-corrected chi connectivity index (χ1v) is 9.30. The topological polar surface area (TPSA) is 65.3 Å². The van der Waals surface area contributed by atoms with Gasteiger partial charge in [-0.15, -0.1) is 0 Å². The van der Waals surface area contributed by atoms with Crippen LogP contribution in [-0.2, 0) is 0 Å². The van der Waals surface area contributed by atoms with E-state index in [9.17, 15) is 10.2 Å². The van der Waals surface area contributed by atoms with Gasteiger partial charge in [-0.05, 0) is 49.4 Å². The molecule has 5 nitrogen and oxygen atoms in total. The molecule has 3 aromatic carbocycles. The highest BCUT2D eigenvalue weighted by Gasteiger charge is 2.41. The van der Waals surface area contributed by atoms with Crippen LogP contribution in [0.1, 0.15) is 40.9 Å². The Labute approximate surface area is 163 Å². The zero-order valence-corrected chi connectivity index (χ0v) is 15.4. The van der Waals surface area contributed by atoms with Crippen molar-refractivity contribution in [2.24, 2.45) is 5.10 Å². The van der Waals surface area contributed by atoms with Crippen LogP contribution in [0.3, 0.4) is 0 Å². The van der Waals surface area contributed by atoms with Gasteiger partial charge in [0.25, 0.3) is 0 Å². The lowest BCUT2D eigenvalue weighted by molar-refractivity contribution is -0.0190. The van der Waals surface area contributed by atoms with Crippen molar-refractivity contribution in [2.75, 3.05) is 0 Å². The van der Waals surface area contributed by atoms with Crippen molar-refractivity contribution >= 4 is 5.71 Å². The van der Waals surface area contributed by atoms with Crippen LogP contribution in [0.25, 0.3) is 0 Å². The van der Waals surface area contributed by atoms with Gasteiger partial charge in [0.05, 0.1) is 11.8 Å². The van der Waals surface area contributed by atoms with Crippen molar-refractivity contribution in [3.05, 3.63) is 89.0 Å². The molecule has 0 aliphatic carbocycles. The molecule has 2 heterocycles. The van der Waals surface area contributed by atoms with Crippen LogP contribution < -0.4 is 4.74 Å². The van der Waals surface area contributed by atoms with Crippen molar-refractivity contribution in [3.8, 4) is 17.2 Å². The largest absolute Gasteiger partial charge is 0.508 e. The molecule has 140 valence electrons. The van der Waals surface area contributed by atoms with E-state index >= 15 is 0 Å². The van der Waals surface area contributed by atoms with Crippen LogP contribution in [0.4, 0.5) is 0 Å². The number of hydrogen-bond acceptors (Lipinski definition) is 5. The molecule has 0 saturated carbocycles. The lowest BCUT2D eigenvalue weighted by atomic mass is 9.95. The number of nitrogens with zero attached hydrogens (tertiary/aromatic N) is 2. The summed E-state index contributed by atoms with van der Waals surface area (Å²) >= 11 is 0. The first-order chi connectivity index (χ1) is 13.6. The minimum Gasteiger partial charge on any atom is -0.508 e. The number of hydrogen-bond donors (Lipinski definition) is 2. The summed E-state index contributed by atoms with van der Waals surface area (Å²) in [5.74, 6) is 1.29. The SMILES string of the molecule is Cc1ccc(O)c(C2=NN3[C@H](C2)c2ccccc2O[C@@H]3c2ccc(O)cc2)c1. The van der Waals surface area contributed by atoms with Crippen LogP contribution in [0.15, 0.2) is 71.8 Å². The van der Waals surface area contributed by atoms with Gasteiger partial charge in [-0.2, -0.15) is 5.10 Å². The average molecular weight is 372 g/mol. The quantitative estimate of drug-likeness (QED) is 0.687. The predicted molar refractivity (Wildman–Crippen MR) is 106 cm³/mol. The fourth-order valence-corrected chi connectivity index (χ4v) is 3.94. The van der Waals surface area contributed by atoms with E-state index in [4.69, 9.17) is 9.84 Å². The monoisotopic (exact) mass is 372 g/mol. The molecule has 2 atom stereocenters. The molecule has 0 radical (unpaired) electrons. The summed E-state index contributed by atoms with van der Waals surface area (Å²) in [5.41, 5.74) is 4.68. The van der Waals surface area contributed by atoms with Crippen LogP contribution in [0.5, 0.6) is 17.2 Å². The van der Waals surface area contributed by atoms with E-state index in [1.807, 2.05) is 54.4 Å². The molecule has 0 fully saturated rings. The molecular weight excluding hydrogens is 352 g/mol. The van der Waals surface area contributed by atoms with E-state index < -0.39 is 6.23 Å². The molecule has 0 bridgehead atoms. The Morgan fingerprint density at radius 1 is 1.00 bits per heavy atom. The molecule has 2 aliphatic heterocycles. The number of para-hydroxylation sites is 1. The van der Waals surface area contributed by atoms with E-state index in [1.54, 1.807) is 18.2 Å². The number of ether oxygens (including phenoxy) is 1. The molecule has 0 unspecified atom stereocenters. The highest BCUT2D eigenvalue weighted by molar-refractivity contribution is 6.04. The van der Waals surface area contributed by atoms with E-state index in [1.165, 1.54) is 0 Å². The van der Waals surface area contributed by atoms with Crippen molar-refractivity contribution in [2.45, 2.75) is 25.6 Å². The second kappa shape index (κ2) is 6.30. The Bertz CT molecular complexity index is 1080. The fourth-order valence-electron chi connectivity index (χ4n) is 3.94. The Balaban J connectivity index is 1.61. The predicted octanol–water partition coefficient (Wildman–Crippen LogP) is 4.65. The Morgan fingerprint density at radius 3 is 2.61 bits per heavy atom. The second-order valence-corrected chi connectivity index (χ2v) is 7.27. The van der Waals surface area contributed by atoms with Crippen molar-refractivity contribution in [3.63, 3.8) is 0 Å². The summed E-state index contributed by atoms with van der Waals surface area (Å²) in [6.45, 7) is 2.00. The third-order valence-electron chi connectivity index (χ3n) is 5.34. The third-order valence-corrected chi connectivity index (χ3v) is 5.34. The van der Waals surface area contributed by atoms with Gasteiger partial charge in [0.15, 0.2) is 0 Å². The Hall–Kier alpha value is -3.47. The first kappa shape index (κ1) is 16.7. The number of hydrazone groups is 1. The maximum atomic E-state index is 10.4. The third kappa shape index (κ3) is 2.67. The van der Waals surface area contributed by atoms with Crippen LogP contribution >= 0.6 is 0 Å². The summed E-state index contributed by atoms with van der Waals surface area (Å²) in [5, 5.41) is 26.8. The number of aryl methyl sites for hydroxylation is 1. The number of rotatable bonds is 2. The smallest absolute Gasteiger partial charge is 0.213 e. The minimum absolute atomic E-state index is 0.0265. The van der Waals surface area contributed by atoms with Gasteiger partial charge < -0.3 is 14.9 Å². The summed E-state index contributed by atoms with van der Waals surface area (Å²) in [7, 11) is 0. The van der Waals surface area contributed by atoms with Gasteiger partial charge >= 0.3 is 0 Å². The van der Waals surface area contributed by atoms with Crippen LogP contribution in [-0.4, -0.2) is 20.9 Å². The van der Waals surface area contributed by atoms with Crippen molar-refractivity contribution in [1.29, 1.82) is 0 Å². The molecule has 28 heavy (non-hydrogen) atoms. The molecular formula is C23H20N2O3. The molecule has 0 saturated heterocycles. The molecule has 2 N–H and O–H groups in total. The zero-order valence-electron chi connectivity index (χ0n) is 15.4. The normalized spacial score (nSPS) is 20.2.